The highest BCUT2D eigenvalue weighted by atomic mass is 32.2. The van der Waals surface area contributed by atoms with Crippen molar-refractivity contribution in [3.8, 4) is 10.4 Å². The largest absolute Gasteiger partial charge is 0.446 e. The van der Waals surface area contributed by atoms with Crippen LogP contribution in [0.2, 0.25) is 0 Å². The van der Waals surface area contributed by atoms with Crippen molar-refractivity contribution in [2.24, 2.45) is 11.3 Å². The average molecular weight is 776 g/mol. The number of carbonyl (C=O) groups excluding carboxylic acids is 4. The molecule has 0 bridgehead atoms. The van der Waals surface area contributed by atoms with Crippen LogP contribution in [-0.2, 0) is 39.2 Å². The summed E-state index contributed by atoms with van der Waals surface area (Å²) >= 11 is 1.50. The van der Waals surface area contributed by atoms with Crippen LogP contribution in [0.3, 0.4) is 0 Å². The second kappa shape index (κ2) is 14.2. The number of nitrogens with one attached hydrogen (secondary N) is 3. The summed E-state index contributed by atoms with van der Waals surface area (Å²) < 4.78 is 62.1. The highest BCUT2D eigenvalue weighted by Gasteiger charge is 2.62. The number of alkyl carbamates (subject to hydrolysis) is 1. The predicted molar refractivity (Wildman–Crippen MR) is 194 cm³/mol. The Hall–Kier alpha value is -3.80. The Morgan fingerprint density at radius 1 is 1.02 bits per heavy atom. The minimum atomic E-state index is -4.27. The Bertz CT molecular complexity index is 1930. The summed E-state index contributed by atoms with van der Waals surface area (Å²) in [6.45, 7) is 7.89. The van der Waals surface area contributed by atoms with Crippen molar-refractivity contribution in [2.75, 3.05) is 13.2 Å². The summed E-state index contributed by atoms with van der Waals surface area (Å²) in [5.74, 6) is -3.11. The van der Waals surface area contributed by atoms with Crippen LogP contribution >= 0.6 is 11.3 Å². The quantitative estimate of drug-likeness (QED) is 0.272. The number of benzene rings is 1. The van der Waals surface area contributed by atoms with Gasteiger partial charge in [0.05, 0.1) is 16.8 Å². The summed E-state index contributed by atoms with van der Waals surface area (Å²) in [4.78, 5) is 57.1. The van der Waals surface area contributed by atoms with E-state index in [4.69, 9.17) is 4.74 Å². The van der Waals surface area contributed by atoms with Crippen molar-refractivity contribution in [1.29, 1.82) is 0 Å². The zero-order valence-electron chi connectivity index (χ0n) is 29.4. The Morgan fingerprint density at radius 2 is 1.69 bits per heavy atom. The van der Waals surface area contributed by atoms with Crippen LogP contribution in [0.4, 0.5) is 4.79 Å². The number of hydrogen-bond donors (Lipinski definition) is 3. The Morgan fingerprint density at radius 3 is 2.25 bits per heavy atom. The van der Waals surface area contributed by atoms with Crippen molar-refractivity contribution >= 4 is 55.2 Å². The third-order valence-electron chi connectivity index (χ3n) is 10.1. The number of hydrogen-bond acceptors (Lipinski definition) is 10. The molecule has 4 aliphatic rings. The molecule has 14 nitrogen and oxygen atoms in total. The smallest absolute Gasteiger partial charge is 0.408 e. The lowest BCUT2D eigenvalue weighted by molar-refractivity contribution is -0.142. The van der Waals surface area contributed by atoms with Gasteiger partial charge in [-0.25, -0.2) is 21.6 Å². The van der Waals surface area contributed by atoms with Gasteiger partial charge in [-0.3, -0.25) is 19.1 Å². The van der Waals surface area contributed by atoms with Crippen molar-refractivity contribution in [3.05, 3.63) is 54.4 Å². The van der Waals surface area contributed by atoms with E-state index in [1.165, 1.54) is 29.5 Å². The third-order valence-corrected chi connectivity index (χ3v) is 14.7. The molecule has 0 unspecified atom stereocenters. The maximum Gasteiger partial charge on any atom is 0.408 e. The van der Waals surface area contributed by atoms with Gasteiger partial charge in [0.1, 0.15) is 23.7 Å². The van der Waals surface area contributed by atoms with Crippen LogP contribution in [0.1, 0.15) is 65.7 Å². The van der Waals surface area contributed by atoms with Crippen molar-refractivity contribution in [2.45, 2.75) is 99.6 Å². The van der Waals surface area contributed by atoms with E-state index < -0.39 is 91.3 Å². The molecule has 282 valence electrons. The third kappa shape index (κ3) is 7.77. The molecule has 0 radical (unpaired) electrons. The Labute approximate surface area is 308 Å². The zero-order chi connectivity index (χ0) is 37.6. The molecular formula is C35H45N5O9S3. The lowest BCUT2D eigenvalue weighted by atomic mass is 9.85. The number of amides is 4. The minimum absolute atomic E-state index is 0.0538. The van der Waals surface area contributed by atoms with Gasteiger partial charge in [-0.2, -0.15) is 4.31 Å². The van der Waals surface area contributed by atoms with Crippen molar-refractivity contribution < 1.29 is 40.8 Å². The van der Waals surface area contributed by atoms with Crippen molar-refractivity contribution in [3.63, 3.8) is 0 Å². The van der Waals surface area contributed by atoms with Gasteiger partial charge in [-0.15, -0.1) is 17.9 Å². The molecule has 3 aliphatic carbocycles. The standard InChI is InChI=1S/C35H45N5O9S3/c1-5-23-19-35(23,32(43)38-51(45,46)25-16-17-25)37-30(41)27-20-39(52(47,48)26-14-12-22(13-15-26)28-11-8-18-50-28)21-40(27)31(42)29(34(2,3)4)36-33(44)49-24-9-6-7-10-24/h5,8,11-15,18,23-25,27,29H,1,6-7,9-10,16-17,19-21H2,2-4H3,(H,36,44)(H,37,41)(H,38,43)/t23-,27+,29-,35-/m1/s1. The first-order valence-corrected chi connectivity index (χ1v) is 21.3. The van der Waals surface area contributed by atoms with E-state index in [9.17, 15) is 36.0 Å². The second-order valence-electron chi connectivity index (χ2n) is 15.0. The van der Waals surface area contributed by atoms with E-state index in [0.29, 0.717) is 25.7 Å². The van der Waals surface area contributed by atoms with Crippen LogP contribution in [-0.4, -0.2) is 92.0 Å². The van der Waals surface area contributed by atoms with Gasteiger partial charge >= 0.3 is 6.09 Å². The molecule has 3 N–H and O–H groups in total. The molecule has 4 amide bonds. The van der Waals surface area contributed by atoms with Crippen molar-refractivity contribution in [1.82, 2.24) is 24.6 Å². The predicted octanol–water partition coefficient (Wildman–Crippen LogP) is 3.33. The molecule has 6 rings (SSSR count). The van der Waals surface area contributed by atoms with E-state index in [1.807, 2.05) is 17.5 Å². The van der Waals surface area contributed by atoms with Crippen LogP contribution in [0.5, 0.6) is 0 Å². The summed E-state index contributed by atoms with van der Waals surface area (Å²) in [6, 6.07) is 7.40. The molecule has 1 saturated heterocycles. The Balaban J connectivity index is 1.28. The van der Waals surface area contributed by atoms with Gasteiger partial charge in [0.25, 0.3) is 5.91 Å². The van der Waals surface area contributed by atoms with Gasteiger partial charge in [0.15, 0.2) is 0 Å². The molecule has 3 saturated carbocycles. The second-order valence-corrected chi connectivity index (χ2v) is 19.9. The van der Waals surface area contributed by atoms with Crippen LogP contribution < -0.4 is 15.4 Å². The number of carbonyl (C=O) groups is 4. The molecule has 1 aromatic carbocycles. The maximum absolute atomic E-state index is 14.5. The maximum atomic E-state index is 14.5. The van der Waals surface area contributed by atoms with Gasteiger partial charge in [0.2, 0.25) is 31.9 Å². The molecule has 2 aromatic rings. The van der Waals surface area contributed by atoms with E-state index >= 15 is 0 Å². The summed E-state index contributed by atoms with van der Waals surface area (Å²) in [5, 5.41) is 6.56. The number of rotatable bonds is 12. The fourth-order valence-electron chi connectivity index (χ4n) is 6.77. The monoisotopic (exact) mass is 775 g/mol. The van der Waals surface area contributed by atoms with Gasteiger partial charge in [-0.05, 0) is 79.5 Å². The van der Waals surface area contributed by atoms with E-state index in [0.717, 1.165) is 32.5 Å². The summed E-state index contributed by atoms with van der Waals surface area (Å²) in [6.07, 6.45) is 4.52. The highest BCUT2D eigenvalue weighted by molar-refractivity contribution is 7.91. The number of thiophene rings is 1. The van der Waals surface area contributed by atoms with Gasteiger partial charge in [-0.1, -0.05) is 45.0 Å². The minimum Gasteiger partial charge on any atom is -0.446 e. The SMILES string of the molecule is C=C[C@@H]1C[C@]1(NC(=O)[C@@H]1CN(S(=O)(=O)c2ccc(-c3cccs3)cc2)CN1C(=O)[C@@H](NC(=O)OC1CCCC1)C(C)(C)C)C(=O)NS(=O)(=O)C1CC1. The van der Waals surface area contributed by atoms with Gasteiger partial charge < -0.3 is 20.3 Å². The van der Waals surface area contributed by atoms with E-state index in [1.54, 1.807) is 32.9 Å². The molecular weight excluding hydrogens is 731 g/mol. The first-order valence-electron chi connectivity index (χ1n) is 17.4. The lowest BCUT2D eigenvalue weighted by Crippen LogP contribution is -2.60. The normalized spacial score (nSPS) is 24.6. The number of ether oxygens (including phenoxy) is 1. The van der Waals surface area contributed by atoms with Gasteiger partial charge in [0, 0.05) is 17.3 Å². The molecule has 4 fully saturated rings. The topological polar surface area (TPSA) is 188 Å². The van der Waals surface area contributed by atoms with E-state index in [2.05, 4.69) is 21.9 Å². The molecule has 4 atom stereocenters. The molecule has 0 spiro atoms. The summed E-state index contributed by atoms with van der Waals surface area (Å²) in [5.41, 5.74) is -1.74. The summed E-state index contributed by atoms with van der Waals surface area (Å²) in [7, 11) is -8.22. The van der Waals surface area contributed by atoms with Crippen LogP contribution in [0, 0.1) is 11.3 Å². The van der Waals surface area contributed by atoms with Crippen LogP contribution in [0.15, 0.2) is 59.3 Å². The lowest BCUT2D eigenvalue weighted by Gasteiger charge is -2.35. The molecule has 17 heteroatoms. The van der Waals surface area contributed by atoms with E-state index in [-0.39, 0.29) is 17.4 Å². The number of nitrogens with zero attached hydrogens (tertiary/aromatic N) is 2. The molecule has 52 heavy (non-hydrogen) atoms. The molecule has 1 aromatic heterocycles. The van der Waals surface area contributed by atoms with Crippen LogP contribution in [0.25, 0.3) is 10.4 Å². The molecule has 2 heterocycles. The first kappa shape index (κ1) is 37.9. The fraction of sp³-hybridized carbons (Fsp3) is 0.543. The average Bonchev–Trinajstić information content (AvgIpc) is 3.81. The molecule has 1 aliphatic heterocycles. The number of sulfonamides is 2. The highest BCUT2D eigenvalue weighted by Crippen LogP contribution is 2.45. The Kier molecular flexibility index (Phi) is 10.4. The fourth-order valence-corrected chi connectivity index (χ4v) is 10.3. The zero-order valence-corrected chi connectivity index (χ0v) is 31.8. The first-order chi connectivity index (χ1) is 24.5.